The van der Waals surface area contributed by atoms with Gasteiger partial charge in [0.1, 0.15) is 11.4 Å². The topological polar surface area (TPSA) is 38.3 Å². The van der Waals surface area contributed by atoms with Gasteiger partial charge in [0.2, 0.25) is 5.91 Å². The largest absolute Gasteiger partial charge is 0.485 e. The molecule has 0 saturated carbocycles. The quantitative estimate of drug-likeness (QED) is 0.771. The second-order valence-corrected chi connectivity index (χ2v) is 7.03. The molecule has 19 heavy (non-hydrogen) atoms. The van der Waals surface area contributed by atoms with Crippen molar-refractivity contribution >= 4 is 11.6 Å². The second-order valence-electron chi connectivity index (χ2n) is 7.03. The molecular formula is C16H23NO2. The molecule has 0 aliphatic carbocycles. The molecule has 3 nitrogen and oxygen atoms in total. The first-order chi connectivity index (χ1) is 8.58. The van der Waals surface area contributed by atoms with Crippen LogP contribution in [0.1, 0.15) is 52.2 Å². The predicted octanol–water partition coefficient (Wildman–Crippen LogP) is 3.79. The van der Waals surface area contributed by atoms with Crippen molar-refractivity contribution in [3.05, 3.63) is 23.3 Å². The molecule has 0 fully saturated rings. The summed E-state index contributed by atoms with van der Waals surface area (Å²) in [6, 6.07) is 4.12. The van der Waals surface area contributed by atoms with Gasteiger partial charge in [0.05, 0.1) is 12.1 Å². The van der Waals surface area contributed by atoms with Crippen molar-refractivity contribution in [2.24, 2.45) is 0 Å². The molecule has 0 saturated heterocycles. The Morgan fingerprint density at radius 1 is 1.26 bits per heavy atom. The van der Waals surface area contributed by atoms with Crippen LogP contribution in [-0.2, 0) is 10.2 Å². The summed E-state index contributed by atoms with van der Waals surface area (Å²) in [5.74, 6) is 0.822. The van der Waals surface area contributed by atoms with Gasteiger partial charge in [0.25, 0.3) is 0 Å². The van der Waals surface area contributed by atoms with E-state index < -0.39 is 5.60 Å². The van der Waals surface area contributed by atoms with E-state index in [2.05, 4.69) is 32.2 Å². The lowest BCUT2D eigenvalue weighted by Gasteiger charge is -2.29. The van der Waals surface area contributed by atoms with Crippen molar-refractivity contribution in [1.29, 1.82) is 0 Å². The molecule has 1 N–H and O–H groups in total. The summed E-state index contributed by atoms with van der Waals surface area (Å²) in [5.41, 5.74) is 2.55. The highest BCUT2D eigenvalue weighted by molar-refractivity contribution is 5.94. The summed E-state index contributed by atoms with van der Waals surface area (Å²) < 4.78 is 6.14. The minimum atomic E-state index is -0.482. The number of amides is 1. The third-order valence-corrected chi connectivity index (χ3v) is 3.28. The number of carbonyl (C=O) groups is 1. The molecule has 104 valence electrons. The van der Waals surface area contributed by atoms with Crippen LogP contribution in [0.15, 0.2) is 12.1 Å². The highest BCUT2D eigenvalue weighted by Crippen LogP contribution is 2.42. The van der Waals surface area contributed by atoms with Gasteiger partial charge in [0.15, 0.2) is 0 Å². The smallest absolute Gasteiger partial charge is 0.228 e. The number of ether oxygens (including phenoxy) is 1. The lowest BCUT2D eigenvalue weighted by molar-refractivity contribution is -0.118. The van der Waals surface area contributed by atoms with Crippen LogP contribution in [0, 0.1) is 6.92 Å². The highest BCUT2D eigenvalue weighted by Gasteiger charge is 2.33. The number of hydrogen-bond donors (Lipinski definition) is 1. The molecule has 1 heterocycles. The number of benzene rings is 1. The molecule has 2 rings (SSSR count). The Hall–Kier alpha value is -1.51. The Labute approximate surface area is 115 Å². The fourth-order valence-corrected chi connectivity index (χ4v) is 2.43. The molecule has 1 aromatic rings. The van der Waals surface area contributed by atoms with Gasteiger partial charge in [0, 0.05) is 5.56 Å². The van der Waals surface area contributed by atoms with Gasteiger partial charge in [-0.25, -0.2) is 0 Å². The minimum Gasteiger partial charge on any atom is -0.485 e. The average molecular weight is 261 g/mol. The molecule has 0 atom stereocenters. The summed E-state index contributed by atoms with van der Waals surface area (Å²) in [5, 5.41) is 2.97. The van der Waals surface area contributed by atoms with E-state index in [9.17, 15) is 4.79 Å². The zero-order chi connectivity index (χ0) is 14.4. The van der Waals surface area contributed by atoms with Crippen LogP contribution in [0.4, 0.5) is 5.69 Å². The highest BCUT2D eigenvalue weighted by atomic mass is 16.5. The Morgan fingerprint density at radius 3 is 2.47 bits per heavy atom. The van der Waals surface area contributed by atoms with E-state index in [1.165, 1.54) is 0 Å². The van der Waals surface area contributed by atoms with E-state index in [-0.39, 0.29) is 11.3 Å². The van der Waals surface area contributed by atoms with E-state index in [1.807, 2.05) is 26.8 Å². The zero-order valence-electron chi connectivity index (χ0n) is 12.7. The van der Waals surface area contributed by atoms with Gasteiger partial charge in [-0.2, -0.15) is 0 Å². The van der Waals surface area contributed by atoms with Crippen LogP contribution in [0.25, 0.3) is 0 Å². The summed E-state index contributed by atoms with van der Waals surface area (Å²) >= 11 is 0. The van der Waals surface area contributed by atoms with E-state index >= 15 is 0 Å². The zero-order valence-corrected chi connectivity index (χ0v) is 12.7. The molecule has 0 bridgehead atoms. The van der Waals surface area contributed by atoms with E-state index in [0.717, 1.165) is 22.6 Å². The van der Waals surface area contributed by atoms with Gasteiger partial charge in [-0.05, 0) is 37.8 Å². The van der Waals surface area contributed by atoms with Gasteiger partial charge in [-0.15, -0.1) is 0 Å². The first-order valence-electron chi connectivity index (χ1n) is 6.72. The summed E-state index contributed by atoms with van der Waals surface area (Å²) in [7, 11) is 0. The molecule has 1 aromatic carbocycles. The molecule has 0 spiro atoms. The van der Waals surface area contributed by atoms with Crippen LogP contribution in [-0.4, -0.2) is 11.5 Å². The number of nitrogens with one attached hydrogen (secondary N) is 1. The number of aryl methyl sites for hydroxylation is 1. The van der Waals surface area contributed by atoms with Crippen LogP contribution >= 0.6 is 0 Å². The van der Waals surface area contributed by atoms with Crippen molar-refractivity contribution in [3.63, 3.8) is 0 Å². The summed E-state index contributed by atoms with van der Waals surface area (Å²) in [4.78, 5) is 11.9. The van der Waals surface area contributed by atoms with E-state index in [1.54, 1.807) is 0 Å². The molecule has 0 unspecified atom stereocenters. The lowest BCUT2D eigenvalue weighted by Crippen LogP contribution is -2.31. The Morgan fingerprint density at radius 2 is 1.89 bits per heavy atom. The molecular weight excluding hydrogens is 238 g/mol. The maximum absolute atomic E-state index is 11.9. The molecule has 3 heteroatoms. The van der Waals surface area contributed by atoms with Gasteiger partial charge < -0.3 is 10.1 Å². The maximum atomic E-state index is 11.9. The number of anilines is 1. The SMILES string of the molecule is Cc1cc2c(c(C(C)(C)C)c1)OC(C)(C)CC(=O)N2. The fourth-order valence-electron chi connectivity index (χ4n) is 2.43. The lowest BCUT2D eigenvalue weighted by atomic mass is 9.85. The van der Waals surface area contributed by atoms with Crippen LogP contribution in [0.5, 0.6) is 5.75 Å². The van der Waals surface area contributed by atoms with Crippen molar-refractivity contribution in [2.45, 2.75) is 59.0 Å². The monoisotopic (exact) mass is 261 g/mol. The fraction of sp³-hybridized carbons (Fsp3) is 0.562. The standard InChI is InChI=1S/C16H23NO2/c1-10-7-11(15(2,3)4)14-12(8-10)17-13(18)9-16(5,6)19-14/h7-8H,9H2,1-6H3,(H,17,18). The summed E-state index contributed by atoms with van der Waals surface area (Å²) in [6.45, 7) is 12.4. The number of hydrogen-bond acceptors (Lipinski definition) is 2. The third-order valence-electron chi connectivity index (χ3n) is 3.28. The Bertz CT molecular complexity index is 524. The van der Waals surface area contributed by atoms with Crippen molar-refractivity contribution in [2.75, 3.05) is 5.32 Å². The van der Waals surface area contributed by atoms with Crippen LogP contribution in [0.3, 0.4) is 0 Å². The first-order valence-corrected chi connectivity index (χ1v) is 6.72. The Balaban J connectivity index is 2.65. The number of fused-ring (bicyclic) bond motifs is 1. The van der Waals surface area contributed by atoms with E-state index in [0.29, 0.717) is 6.42 Å². The minimum absolute atomic E-state index is 0.00853. The molecule has 0 radical (unpaired) electrons. The maximum Gasteiger partial charge on any atom is 0.228 e. The van der Waals surface area contributed by atoms with Gasteiger partial charge in [-0.3, -0.25) is 4.79 Å². The normalized spacial score (nSPS) is 18.1. The first kappa shape index (κ1) is 13.9. The second kappa shape index (κ2) is 4.26. The van der Waals surface area contributed by atoms with Gasteiger partial charge >= 0.3 is 0 Å². The van der Waals surface area contributed by atoms with Crippen molar-refractivity contribution in [1.82, 2.24) is 0 Å². The van der Waals surface area contributed by atoms with E-state index in [4.69, 9.17) is 4.74 Å². The van der Waals surface area contributed by atoms with Crippen molar-refractivity contribution < 1.29 is 9.53 Å². The third kappa shape index (κ3) is 2.91. The summed E-state index contributed by atoms with van der Waals surface area (Å²) in [6.07, 6.45) is 0.365. The van der Waals surface area contributed by atoms with Crippen LogP contribution < -0.4 is 10.1 Å². The van der Waals surface area contributed by atoms with Gasteiger partial charge in [-0.1, -0.05) is 26.8 Å². The molecule has 1 aliphatic heterocycles. The predicted molar refractivity (Wildman–Crippen MR) is 77.8 cm³/mol. The number of rotatable bonds is 0. The average Bonchev–Trinajstić information content (AvgIpc) is 2.28. The molecule has 0 aromatic heterocycles. The molecule has 1 amide bonds. The Kier molecular flexibility index (Phi) is 3.12. The molecule has 1 aliphatic rings. The number of carbonyl (C=O) groups excluding carboxylic acids is 1. The van der Waals surface area contributed by atoms with Crippen LogP contribution in [0.2, 0.25) is 0 Å². The van der Waals surface area contributed by atoms with Crippen molar-refractivity contribution in [3.8, 4) is 5.75 Å².